The Bertz CT molecular complexity index is 1250. The Labute approximate surface area is 181 Å². The molecule has 0 bridgehead atoms. The molecule has 0 amide bonds. The molecule has 0 saturated carbocycles. The second kappa shape index (κ2) is 9.25. The van der Waals surface area contributed by atoms with E-state index in [0.717, 1.165) is 33.3 Å². The summed E-state index contributed by atoms with van der Waals surface area (Å²) in [5, 5.41) is 16.6. The number of hydrogen-bond donors (Lipinski definition) is 1. The van der Waals surface area contributed by atoms with Crippen LogP contribution in [0.1, 0.15) is 16.7 Å². The lowest BCUT2D eigenvalue weighted by Gasteiger charge is -2.16. The van der Waals surface area contributed by atoms with Crippen molar-refractivity contribution in [3.63, 3.8) is 0 Å². The molecular formula is C26H26N2O3. The number of nitrogens with zero attached hydrogens (tertiary/aromatic N) is 2. The number of aromatic nitrogens is 2. The van der Waals surface area contributed by atoms with E-state index in [2.05, 4.69) is 23.3 Å². The van der Waals surface area contributed by atoms with Crippen molar-refractivity contribution in [2.24, 2.45) is 0 Å². The van der Waals surface area contributed by atoms with Gasteiger partial charge in [0.2, 0.25) is 0 Å². The van der Waals surface area contributed by atoms with Gasteiger partial charge in [-0.15, -0.1) is 0 Å². The van der Waals surface area contributed by atoms with Gasteiger partial charge >= 0.3 is 0 Å². The normalized spacial score (nSPS) is 12.2. The van der Waals surface area contributed by atoms with Crippen molar-refractivity contribution in [2.75, 3.05) is 6.61 Å². The van der Waals surface area contributed by atoms with Gasteiger partial charge < -0.3 is 9.84 Å². The van der Waals surface area contributed by atoms with E-state index < -0.39 is 6.10 Å². The highest BCUT2D eigenvalue weighted by molar-refractivity contribution is 5.94. The molecule has 31 heavy (non-hydrogen) atoms. The molecule has 3 aromatic carbocycles. The molecule has 0 aliphatic rings. The standard InChI is InChI=1S/C26H26N2O3/c1-18-12-13-19(2)24(14-18)25-22-10-6-7-11-23(22)26(30)28(27-25)15-21(29)17-31-16-20-8-4-3-5-9-20/h3-14,21,29H,15-17H2,1-2H3. The first-order chi connectivity index (χ1) is 15.0. The summed E-state index contributed by atoms with van der Waals surface area (Å²) in [6, 6.07) is 23.5. The third kappa shape index (κ3) is 4.74. The Hall–Kier alpha value is -3.28. The first-order valence-corrected chi connectivity index (χ1v) is 10.4. The molecule has 1 aromatic heterocycles. The second-order valence-corrected chi connectivity index (χ2v) is 7.85. The van der Waals surface area contributed by atoms with Crippen molar-refractivity contribution in [3.05, 3.63) is 99.8 Å². The van der Waals surface area contributed by atoms with Gasteiger partial charge in [-0.1, -0.05) is 66.2 Å². The van der Waals surface area contributed by atoms with Crippen LogP contribution in [0.2, 0.25) is 0 Å². The first-order valence-electron chi connectivity index (χ1n) is 10.4. The predicted octanol–water partition coefficient (Wildman–Crippen LogP) is 4.26. The van der Waals surface area contributed by atoms with Gasteiger partial charge in [0, 0.05) is 10.9 Å². The van der Waals surface area contributed by atoms with Gasteiger partial charge in [0.1, 0.15) is 0 Å². The van der Waals surface area contributed by atoms with Crippen LogP contribution in [-0.2, 0) is 17.9 Å². The zero-order valence-electron chi connectivity index (χ0n) is 17.8. The van der Waals surface area contributed by atoms with Crippen molar-refractivity contribution in [1.82, 2.24) is 9.78 Å². The van der Waals surface area contributed by atoms with Crippen LogP contribution >= 0.6 is 0 Å². The molecule has 0 radical (unpaired) electrons. The lowest BCUT2D eigenvalue weighted by Crippen LogP contribution is -2.31. The quantitative estimate of drug-likeness (QED) is 0.491. The van der Waals surface area contributed by atoms with Crippen LogP contribution in [0.15, 0.2) is 77.6 Å². The number of ether oxygens (including phenoxy) is 1. The molecule has 0 spiro atoms. The van der Waals surface area contributed by atoms with E-state index in [1.807, 2.05) is 68.4 Å². The van der Waals surface area contributed by atoms with E-state index in [0.29, 0.717) is 12.0 Å². The van der Waals surface area contributed by atoms with Crippen LogP contribution in [0.25, 0.3) is 22.0 Å². The summed E-state index contributed by atoms with van der Waals surface area (Å²) in [5.74, 6) is 0. The van der Waals surface area contributed by atoms with Crippen LogP contribution in [-0.4, -0.2) is 27.6 Å². The molecule has 0 fully saturated rings. The highest BCUT2D eigenvalue weighted by Crippen LogP contribution is 2.28. The molecule has 5 nitrogen and oxygen atoms in total. The monoisotopic (exact) mass is 414 g/mol. The Morgan fingerprint density at radius 2 is 1.68 bits per heavy atom. The molecule has 1 heterocycles. The maximum Gasteiger partial charge on any atom is 0.274 e. The van der Waals surface area contributed by atoms with Crippen LogP contribution in [0.3, 0.4) is 0 Å². The summed E-state index contributed by atoms with van der Waals surface area (Å²) >= 11 is 0. The molecule has 0 aliphatic heterocycles. The molecule has 5 heteroatoms. The van der Waals surface area contributed by atoms with E-state index >= 15 is 0 Å². The fourth-order valence-corrected chi connectivity index (χ4v) is 3.69. The summed E-state index contributed by atoms with van der Waals surface area (Å²) < 4.78 is 6.99. The van der Waals surface area contributed by atoms with E-state index in [-0.39, 0.29) is 18.7 Å². The second-order valence-electron chi connectivity index (χ2n) is 7.85. The largest absolute Gasteiger partial charge is 0.389 e. The Morgan fingerprint density at radius 1 is 0.968 bits per heavy atom. The summed E-state index contributed by atoms with van der Waals surface area (Å²) in [5.41, 5.74) is 4.76. The lowest BCUT2D eigenvalue weighted by atomic mass is 9.99. The van der Waals surface area contributed by atoms with Crippen LogP contribution in [0.4, 0.5) is 0 Å². The Kier molecular flexibility index (Phi) is 6.26. The molecule has 1 unspecified atom stereocenters. The maximum atomic E-state index is 13.0. The summed E-state index contributed by atoms with van der Waals surface area (Å²) in [6.07, 6.45) is -0.846. The van der Waals surface area contributed by atoms with Crippen molar-refractivity contribution in [3.8, 4) is 11.3 Å². The third-order valence-electron chi connectivity index (χ3n) is 5.32. The SMILES string of the molecule is Cc1ccc(C)c(-c2nn(CC(O)COCc3ccccc3)c(=O)c3ccccc23)c1. The average Bonchev–Trinajstić information content (AvgIpc) is 2.78. The van der Waals surface area contributed by atoms with E-state index in [4.69, 9.17) is 4.74 Å². The minimum atomic E-state index is -0.846. The zero-order valence-corrected chi connectivity index (χ0v) is 17.8. The van der Waals surface area contributed by atoms with Gasteiger partial charge in [0.15, 0.2) is 0 Å². The molecule has 0 saturated heterocycles. The van der Waals surface area contributed by atoms with Crippen LogP contribution < -0.4 is 5.56 Å². The lowest BCUT2D eigenvalue weighted by molar-refractivity contribution is 0.0181. The highest BCUT2D eigenvalue weighted by Gasteiger charge is 2.16. The summed E-state index contributed by atoms with van der Waals surface area (Å²) in [6.45, 7) is 4.67. The first kappa shape index (κ1) is 21.0. The van der Waals surface area contributed by atoms with Gasteiger partial charge in [-0.2, -0.15) is 5.10 Å². The molecular weight excluding hydrogens is 388 g/mol. The summed E-state index contributed by atoms with van der Waals surface area (Å²) in [4.78, 5) is 13.0. The van der Waals surface area contributed by atoms with Crippen molar-refractivity contribution in [2.45, 2.75) is 33.1 Å². The number of aryl methyl sites for hydroxylation is 2. The van der Waals surface area contributed by atoms with Crippen LogP contribution in [0, 0.1) is 13.8 Å². The Morgan fingerprint density at radius 3 is 2.45 bits per heavy atom. The van der Waals surface area contributed by atoms with Gasteiger partial charge in [0.05, 0.1) is 36.9 Å². The van der Waals surface area contributed by atoms with Crippen molar-refractivity contribution >= 4 is 10.8 Å². The number of rotatable bonds is 7. The zero-order chi connectivity index (χ0) is 21.8. The van der Waals surface area contributed by atoms with Gasteiger partial charge in [-0.3, -0.25) is 4.79 Å². The smallest absolute Gasteiger partial charge is 0.274 e. The van der Waals surface area contributed by atoms with E-state index in [1.165, 1.54) is 4.68 Å². The van der Waals surface area contributed by atoms with Gasteiger partial charge in [-0.05, 0) is 37.1 Å². The molecule has 158 valence electrons. The van der Waals surface area contributed by atoms with Gasteiger partial charge in [0.25, 0.3) is 5.56 Å². The highest BCUT2D eigenvalue weighted by atomic mass is 16.5. The third-order valence-corrected chi connectivity index (χ3v) is 5.32. The average molecular weight is 415 g/mol. The molecule has 0 aliphatic carbocycles. The minimum absolute atomic E-state index is 0.0658. The predicted molar refractivity (Wildman–Crippen MR) is 123 cm³/mol. The molecule has 4 rings (SSSR count). The number of benzene rings is 3. The van der Waals surface area contributed by atoms with E-state index in [1.54, 1.807) is 0 Å². The fraction of sp³-hybridized carbons (Fsp3) is 0.231. The van der Waals surface area contributed by atoms with Crippen molar-refractivity contribution < 1.29 is 9.84 Å². The number of hydrogen-bond acceptors (Lipinski definition) is 4. The van der Waals surface area contributed by atoms with Gasteiger partial charge in [-0.25, -0.2) is 4.68 Å². The topological polar surface area (TPSA) is 64.3 Å². The molecule has 4 aromatic rings. The fourth-order valence-electron chi connectivity index (χ4n) is 3.69. The minimum Gasteiger partial charge on any atom is -0.389 e. The summed E-state index contributed by atoms with van der Waals surface area (Å²) in [7, 11) is 0. The van der Waals surface area contributed by atoms with Crippen LogP contribution in [0.5, 0.6) is 0 Å². The number of aliphatic hydroxyl groups is 1. The number of aliphatic hydroxyl groups excluding tert-OH is 1. The molecule has 1 atom stereocenters. The molecule has 1 N–H and O–H groups in total. The maximum absolute atomic E-state index is 13.0. The Balaban J connectivity index is 1.63. The number of fused-ring (bicyclic) bond motifs is 1. The van der Waals surface area contributed by atoms with E-state index in [9.17, 15) is 9.90 Å². The van der Waals surface area contributed by atoms with Crippen molar-refractivity contribution in [1.29, 1.82) is 0 Å².